The number of carbonyl (C=O) groups excluding carboxylic acids is 1. The third-order valence-corrected chi connectivity index (χ3v) is 4.45. The lowest BCUT2D eigenvalue weighted by molar-refractivity contribution is 0.0931. The zero-order valence-corrected chi connectivity index (χ0v) is 12.1. The number of nitrogens with one attached hydrogen (secondary N) is 2. The van der Waals surface area contributed by atoms with Gasteiger partial charge in [0.2, 0.25) is 0 Å². The van der Waals surface area contributed by atoms with E-state index in [2.05, 4.69) is 10.6 Å². The molecule has 5 heteroatoms. The Hall–Kier alpha value is -2.27. The molecule has 0 aliphatic carbocycles. The van der Waals surface area contributed by atoms with Gasteiger partial charge in [0.25, 0.3) is 11.9 Å². The molecule has 2 N–H and O–H groups in total. The predicted octanol–water partition coefficient (Wildman–Crippen LogP) is 2.69. The molecular formula is C17H18N2O3. The maximum Gasteiger partial charge on any atom is 0.289 e. The van der Waals surface area contributed by atoms with Crippen LogP contribution < -0.4 is 15.4 Å². The van der Waals surface area contributed by atoms with Gasteiger partial charge in [-0.1, -0.05) is 0 Å². The van der Waals surface area contributed by atoms with Crippen molar-refractivity contribution >= 4 is 5.91 Å². The highest BCUT2D eigenvalue weighted by Gasteiger charge is 2.39. The summed E-state index contributed by atoms with van der Waals surface area (Å²) in [6.07, 6.45) is 4.98. The van der Waals surface area contributed by atoms with Crippen molar-refractivity contribution < 1.29 is 13.9 Å². The summed E-state index contributed by atoms with van der Waals surface area (Å²) in [6.45, 7) is 0. The fourth-order valence-electron chi connectivity index (χ4n) is 3.35. The SMILES string of the molecule is O=C(NC1CC2CCC1N2)c1ccc(Oc2ccco2)cc1. The molecule has 2 aliphatic rings. The predicted molar refractivity (Wildman–Crippen MR) is 81.0 cm³/mol. The second-order valence-corrected chi connectivity index (χ2v) is 5.92. The van der Waals surface area contributed by atoms with Crippen LogP contribution in [0.5, 0.6) is 11.7 Å². The van der Waals surface area contributed by atoms with E-state index < -0.39 is 0 Å². The van der Waals surface area contributed by atoms with Crippen LogP contribution in [0.3, 0.4) is 0 Å². The summed E-state index contributed by atoms with van der Waals surface area (Å²) < 4.78 is 10.6. The van der Waals surface area contributed by atoms with Crippen molar-refractivity contribution in [2.75, 3.05) is 0 Å². The van der Waals surface area contributed by atoms with E-state index in [1.54, 1.807) is 42.7 Å². The third-order valence-electron chi connectivity index (χ3n) is 4.45. The molecule has 1 amide bonds. The van der Waals surface area contributed by atoms with Crippen LogP contribution in [0, 0.1) is 0 Å². The number of benzene rings is 1. The van der Waals surface area contributed by atoms with Gasteiger partial charge >= 0.3 is 0 Å². The molecule has 1 aromatic carbocycles. The number of hydrogen-bond acceptors (Lipinski definition) is 4. The Morgan fingerprint density at radius 1 is 1.23 bits per heavy atom. The van der Waals surface area contributed by atoms with Gasteiger partial charge in [-0.15, -0.1) is 0 Å². The Labute approximate surface area is 128 Å². The molecule has 0 spiro atoms. The summed E-state index contributed by atoms with van der Waals surface area (Å²) >= 11 is 0. The fraction of sp³-hybridized carbons (Fsp3) is 0.353. The maximum atomic E-state index is 12.3. The molecule has 114 valence electrons. The maximum absolute atomic E-state index is 12.3. The van der Waals surface area contributed by atoms with Gasteiger partial charge in [-0.25, -0.2) is 0 Å². The van der Waals surface area contributed by atoms with Gasteiger partial charge in [-0.3, -0.25) is 4.79 Å². The molecule has 0 radical (unpaired) electrons. The van der Waals surface area contributed by atoms with Crippen molar-refractivity contribution in [3.8, 4) is 11.7 Å². The van der Waals surface area contributed by atoms with E-state index >= 15 is 0 Å². The largest absolute Gasteiger partial charge is 0.434 e. The van der Waals surface area contributed by atoms with E-state index in [1.807, 2.05) is 0 Å². The fourth-order valence-corrected chi connectivity index (χ4v) is 3.35. The first-order valence-electron chi connectivity index (χ1n) is 7.66. The summed E-state index contributed by atoms with van der Waals surface area (Å²) in [5, 5.41) is 6.65. The number of ether oxygens (including phenoxy) is 1. The molecule has 4 rings (SSSR count). The van der Waals surface area contributed by atoms with Crippen LogP contribution in [0.15, 0.2) is 47.1 Å². The van der Waals surface area contributed by atoms with Crippen LogP contribution in [0.25, 0.3) is 0 Å². The van der Waals surface area contributed by atoms with Crippen LogP contribution in [-0.2, 0) is 0 Å². The monoisotopic (exact) mass is 298 g/mol. The van der Waals surface area contributed by atoms with Crippen molar-refractivity contribution in [1.29, 1.82) is 0 Å². The number of hydrogen-bond donors (Lipinski definition) is 2. The Morgan fingerprint density at radius 3 is 2.73 bits per heavy atom. The molecule has 2 aromatic rings. The Morgan fingerprint density at radius 2 is 2.09 bits per heavy atom. The van der Waals surface area contributed by atoms with E-state index in [-0.39, 0.29) is 11.9 Å². The summed E-state index contributed by atoms with van der Waals surface area (Å²) in [4.78, 5) is 12.3. The van der Waals surface area contributed by atoms with Gasteiger partial charge in [-0.2, -0.15) is 0 Å². The minimum Gasteiger partial charge on any atom is -0.434 e. The molecule has 22 heavy (non-hydrogen) atoms. The van der Waals surface area contributed by atoms with Crippen LogP contribution in [0.4, 0.5) is 0 Å². The van der Waals surface area contributed by atoms with E-state index in [4.69, 9.17) is 9.15 Å². The first-order chi connectivity index (χ1) is 10.8. The zero-order chi connectivity index (χ0) is 14.9. The molecule has 2 aliphatic heterocycles. The second-order valence-electron chi connectivity index (χ2n) is 5.92. The molecule has 1 aromatic heterocycles. The van der Waals surface area contributed by atoms with Crippen LogP contribution in [0.1, 0.15) is 29.6 Å². The average molecular weight is 298 g/mol. The zero-order valence-electron chi connectivity index (χ0n) is 12.1. The van der Waals surface area contributed by atoms with Crippen LogP contribution in [0.2, 0.25) is 0 Å². The number of fused-ring (bicyclic) bond motifs is 2. The summed E-state index contributed by atoms with van der Waals surface area (Å²) in [5.74, 6) is 1.06. The number of carbonyl (C=O) groups is 1. The molecule has 2 bridgehead atoms. The van der Waals surface area contributed by atoms with Gasteiger partial charge in [0.15, 0.2) is 0 Å². The minimum absolute atomic E-state index is 0.0242. The van der Waals surface area contributed by atoms with Crippen molar-refractivity contribution in [1.82, 2.24) is 10.6 Å². The van der Waals surface area contributed by atoms with Gasteiger partial charge < -0.3 is 19.8 Å². The minimum atomic E-state index is -0.0242. The number of amides is 1. The first-order valence-corrected chi connectivity index (χ1v) is 7.66. The molecule has 0 saturated carbocycles. The van der Waals surface area contributed by atoms with Gasteiger partial charge in [0.1, 0.15) is 5.75 Å². The standard InChI is InChI=1S/C17H18N2O3/c20-17(19-15-10-12-5-8-14(15)18-12)11-3-6-13(7-4-11)22-16-2-1-9-21-16/h1-4,6-7,9,12,14-15,18H,5,8,10H2,(H,19,20). The topological polar surface area (TPSA) is 63.5 Å². The van der Waals surface area contributed by atoms with Crippen molar-refractivity contribution in [3.63, 3.8) is 0 Å². The van der Waals surface area contributed by atoms with Crippen LogP contribution in [-0.4, -0.2) is 24.0 Å². The number of rotatable bonds is 4. The van der Waals surface area contributed by atoms with E-state index in [9.17, 15) is 4.79 Å². The lowest BCUT2D eigenvalue weighted by atomic mass is 9.95. The highest BCUT2D eigenvalue weighted by molar-refractivity contribution is 5.94. The van der Waals surface area contributed by atoms with E-state index in [1.165, 1.54) is 6.42 Å². The van der Waals surface area contributed by atoms with Crippen molar-refractivity contribution in [3.05, 3.63) is 48.2 Å². The second kappa shape index (κ2) is 5.50. The van der Waals surface area contributed by atoms with E-state index in [0.29, 0.717) is 29.3 Å². The summed E-state index contributed by atoms with van der Waals surface area (Å²) in [7, 11) is 0. The Balaban J connectivity index is 1.38. The van der Waals surface area contributed by atoms with Gasteiger partial charge in [-0.05, 0) is 49.6 Å². The molecule has 2 saturated heterocycles. The quantitative estimate of drug-likeness (QED) is 0.911. The Kier molecular flexibility index (Phi) is 3.35. The summed E-state index contributed by atoms with van der Waals surface area (Å²) in [5.41, 5.74) is 0.648. The van der Waals surface area contributed by atoms with Crippen molar-refractivity contribution in [2.45, 2.75) is 37.4 Å². The third kappa shape index (κ3) is 2.60. The molecule has 3 atom stereocenters. The first kappa shape index (κ1) is 13.4. The lowest BCUT2D eigenvalue weighted by Crippen LogP contribution is -2.42. The highest BCUT2D eigenvalue weighted by atomic mass is 16.6. The average Bonchev–Trinajstić information content (AvgIpc) is 3.25. The molecule has 3 heterocycles. The number of furan rings is 1. The molecular weight excluding hydrogens is 280 g/mol. The highest BCUT2D eigenvalue weighted by Crippen LogP contribution is 2.28. The summed E-state index contributed by atoms with van der Waals surface area (Å²) in [6, 6.07) is 11.9. The lowest BCUT2D eigenvalue weighted by Gasteiger charge is -2.21. The Bertz CT molecular complexity index is 651. The smallest absolute Gasteiger partial charge is 0.289 e. The molecule has 2 fully saturated rings. The van der Waals surface area contributed by atoms with Crippen molar-refractivity contribution in [2.24, 2.45) is 0 Å². The van der Waals surface area contributed by atoms with E-state index in [0.717, 1.165) is 12.8 Å². The molecule has 3 unspecified atom stereocenters. The van der Waals surface area contributed by atoms with Gasteiger partial charge in [0, 0.05) is 29.8 Å². The molecule has 5 nitrogen and oxygen atoms in total. The van der Waals surface area contributed by atoms with Crippen LogP contribution >= 0.6 is 0 Å². The van der Waals surface area contributed by atoms with Gasteiger partial charge in [0.05, 0.1) is 6.26 Å². The normalized spacial score (nSPS) is 26.1.